The third-order valence-electron chi connectivity index (χ3n) is 8.24. The van der Waals surface area contributed by atoms with E-state index in [1.54, 1.807) is 48.5 Å². The first-order chi connectivity index (χ1) is 23.1. The normalized spacial score (nSPS) is 17.6. The summed E-state index contributed by atoms with van der Waals surface area (Å²) in [6.45, 7) is 14.7. The maximum atomic E-state index is 13.8. The van der Waals surface area contributed by atoms with Gasteiger partial charge in [-0.25, -0.2) is 19.1 Å². The van der Waals surface area contributed by atoms with Gasteiger partial charge in [0.1, 0.15) is 34.7 Å². The first kappa shape index (κ1) is 33.6. The molecule has 2 aliphatic rings. The van der Waals surface area contributed by atoms with E-state index in [0.29, 0.717) is 71.2 Å². The second kappa shape index (κ2) is 12.3. The molecule has 0 spiro atoms. The van der Waals surface area contributed by atoms with Gasteiger partial charge in [-0.2, -0.15) is 20.1 Å². The minimum atomic E-state index is -0.789. The molecule has 2 aliphatic heterocycles. The Bertz CT molecular complexity index is 2030. The molecule has 2 saturated heterocycles. The number of amides is 1. The highest BCUT2D eigenvalue weighted by molar-refractivity contribution is 6.07. The highest BCUT2D eigenvalue weighted by Gasteiger charge is 2.36. The number of piperidine rings is 1. The summed E-state index contributed by atoms with van der Waals surface area (Å²) in [6, 6.07) is 9.60. The number of benzene rings is 1. The summed E-state index contributed by atoms with van der Waals surface area (Å²) in [4.78, 5) is 33.2. The lowest BCUT2D eigenvalue weighted by molar-refractivity contribution is -0.0317. The van der Waals surface area contributed by atoms with Crippen molar-refractivity contribution in [2.75, 3.05) is 36.9 Å². The van der Waals surface area contributed by atoms with Crippen LogP contribution in [0.2, 0.25) is 0 Å². The first-order valence-corrected chi connectivity index (χ1v) is 16.3. The molecule has 2 fully saturated rings. The van der Waals surface area contributed by atoms with E-state index in [-0.39, 0.29) is 17.7 Å². The Morgan fingerprint density at radius 2 is 1.73 bits per heavy atom. The van der Waals surface area contributed by atoms with Crippen molar-refractivity contribution in [2.45, 2.75) is 84.1 Å². The molecular formula is C35H41N9O5. The number of aromatic nitrogens is 4. The Morgan fingerprint density at radius 3 is 2.37 bits per heavy atom. The van der Waals surface area contributed by atoms with Crippen molar-refractivity contribution in [3.63, 3.8) is 0 Å². The van der Waals surface area contributed by atoms with Crippen LogP contribution < -0.4 is 10.6 Å². The van der Waals surface area contributed by atoms with Crippen LogP contribution in [0.3, 0.4) is 0 Å². The summed E-state index contributed by atoms with van der Waals surface area (Å²) in [5.41, 5.74) is 1.10. The zero-order valence-electron chi connectivity index (χ0n) is 28.9. The summed E-state index contributed by atoms with van der Waals surface area (Å²) in [5.74, 6) is 0.557. The number of fused-ring (bicyclic) bond motifs is 2. The SMILES string of the molecule is CC1(Nc2c(C#N)ccc3c(-c4cc(N[C@H]5CCCN(C(=O)OC(C)(C)C)C5)n5ncc(C#N)c5n4)cn(C(=O)OC(C)(C)C)c23)COC1. The number of hydrogen-bond donors (Lipinski definition) is 2. The lowest BCUT2D eigenvalue weighted by Crippen LogP contribution is -2.53. The van der Waals surface area contributed by atoms with Gasteiger partial charge in [-0.3, -0.25) is 0 Å². The van der Waals surface area contributed by atoms with Gasteiger partial charge in [0.2, 0.25) is 0 Å². The summed E-state index contributed by atoms with van der Waals surface area (Å²) in [7, 11) is 0. The van der Waals surface area contributed by atoms with Gasteiger partial charge in [0.15, 0.2) is 5.65 Å². The minimum Gasteiger partial charge on any atom is -0.444 e. The zero-order chi connectivity index (χ0) is 35.3. The molecule has 0 aliphatic carbocycles. The van der Waals surface area contributed by atoms with Gasteiger partial charge in [0, 0.05) is 42.3 Å². The van der Waals surface area contributed by atoms with Crippen molar-refractivity contribution in [3.8, 4) is 23.4 Å². The van der Waals surface area contributed by atoms with E-state index in [4.69, 9.17) is 19.2 Å². The quantitative estimate of drug-likeness (QED) is 0.260. The molecule has 1 atom stereocenters. The molecule has 0 bridgehead atoms. The molecule has 14 heteroatoms. The number of ether oxygens (including phenoxy) is 3. The number of nitrogens with one attached hydrogen (secondary N) is 2. The van der Waals surface area contributed by atoms with Crippen molar-refractivity contribution in [1.82, 2.24) is 24.1 Å². The third-order valence-corrected chi connectivity index (χ3v) is 8.24. The zero-order valence-corrected chi connectivity index (χ0v) is 28.9. The molecule has 49 heavy (non-hydrogen) atoms. The number of nitriles is 2. The Hall–Kier alpha value is -5.34. The Labute approximate surface area is 284 Å². The fourth-order valence-corrected chi connectivity index (χ4v) is 6.06. The van der Waals surface area contributed by atoms with Crippen molar-refractivity contribution in [2.24, 2.45) is 0 Å². The van der Waals surface area contributed by atoms with E-state index in [2.05, 4.69) is 27.9 Å². The summed E-state index contributed by atoms with van der Waals surface area (Å²) in [5, 5.41) is 32.2. The molecule has 1 aromatic carbocycles. The summed E-state index contributed by atoms with van der Waals surface area (Å²) < 4.78 is 19.9. The van der Waals surface area contributed by atoms with E-state index in [1.807, 2.05) is 33.8 Å². The number of rotatable bonds is 5. The molecule has 0 saturated carbocycles. The topological polar surface area (TPSA) is 172 Å². The van der Waals surface area contributed by atoms with Crippen molar-refractivity contribution < 1.29 is 23.8 Å². The van der Waals surface area contributed by atoms with Crippen molar-refractivity contribution in [3.05, 3.63) is 41.7 Å². The number of carbonyl (C=O) groups excluding carboxylic acids is 2. The Morgan fingerprint density at radius 1 is 1.04 bits per heavy atom. The van der Waals surface area contributed by atoms with Gasteiger partial charge >= 0.3 is 12.2 Å². The maximum absolute atomic E-state index is 13.8. The number of hydrogen-bond acceptors (Lipinski definition) is 11. The fourth-order valence-electron chi connectivity index (χ4n) is 6.06. The van der Waals surface area contributed by atoms with Crippen molar-refractivity contribution >= 4 is 40.2 Å². The van der Waals surface area contributed by atoms with Crippen LogP contribution in [-0.4, -0.2) is 85.3 Å². The average Bonchev–Trinajstić information content (AvgIpc) is 3.61. The van der Waals surface area contributed by atoms with Gasteiger partial charge in [-0.15, -0.1) is 0 Å². The van der Waals surface area contributed by atoms with Crippen LogP contribution in [0.5, 0.6) is 0 Å². The lowest BCUT2D eigenvalue weighted by atomic mass is 9.98. The number of likely N-dealkylation sites (tertiary alicyclic amines) is 1. The highest BCUT2D eigenvalue weighted by Crippen LogP contribution is 2.39. The highest BCUT2D eigenvalue weighted by atomic mass is 16.6. The van der Waals surface area contributed by atoms with Gasteiger partial charge in [0.25, 0.3) is 0 Å². The first-order valence-electron chi connectivity index (χ1n) is 16.3. The second-order valence-corrected chi connectivity index (χ2v) is 14.9. The molecule has 2 N–H and O–H groups in total. The van der Waals surface area contributed by atoms with Gasteiger partial charge in [-0.1, -0.05) is 6.07 Å². The fraction of sp³-hybridized carbons (Fsp3) is 0.486. The van der Waals surface area contributed by atoms with Crippen LogP contribution in [-0.2, 0) is 14.2 Å². The molecule has 14 nitrogen and oxygen atoms in total. The molecule has 6 rings (SSSR count). The Kier molecular flexibility index (Phi) is 8.41. The molecule has 4 aromatic rings. The minimum absolute atomic E-state index is 0.142. The lowest BCUT2D eigenvalue weighted by Gasteiger charge is -2.40. The molecule has 256 valence electrons. The number of nitrogens with zero attached hydrogens (tertiary/aromatic N) is 7. The van der Waals surface area contributed by atoms with Gasteiger partial charge in [0.05, 0.1) is 47.4 Å². The second-order valence-electron chi connectivity index (χ2n) is 14.9. The van der Waals surface area contributed by atoms with Crippen LogP contribution in [0.1, 0.15) is 72.4 Å². The van der Waals surface area contributed by atoms with E-state index < -0.39 is 22.8 Å². The molecule has 5 heterocycles. The van der Waals surface area contributed by atoms with E-state index in [9.17, 15) is 20.1 Å². The van der Waals surface area contributed by atoms with E-state index in [0.717, 1.165) is 12.8 Å². The maximum Gasteiger partial charge on any atom is 0.419 e. The molecule has 0 radical (unpaired) electrons. The van der Waals surface area contributed by atoms with Crippen LogP contribution in [0, 0.1) is 22.7 Å². The van der Waals surface area contributed by atoms with Gasteiger partial charge in [-0.05, 0) is 67.4 Å². The standard InChI is InChI=1S/C35H41N9O5/c1-33(2,3)48-31(45)42-12-8-9-23(17-42)39-27-13-26(40-30-22(15-37)16-38-44(27)30)25-18-43(32(46)49-34(4,5)6)29-24(25)11-10-21(14-36)28(29)41-35(7)19-47-20-35/h10-11,13,16,18,23,39,41H,8-9,12,17,19-20H2,1-7H3/t23-/m0/s1. The van der Waals surface area contributed by atoms with Crippen LogP contribution in [0.4, 0.5) is 21.1 Å². The number of anilines is 2. The van der Waals surface area contributed by atoms with Gasteiger partial charge < -0.3 is 29.7 Å². The number of carbonyl (C=O) groups is 2. The Balaban J connectivity index is 1.48. The predicted octanol–water partition coefficient (Wildman–Crippen LogP) is 5.89. The molecule has 3 aromatic heterocycles. The van der Waals surface area contributed by atoms with E-state index >= 15 is 0 Å². The smallest absolute Gasteiger partial charge is 0.419 e. The molecule has 0 unspecified atom stereocenters. The van der Waals surface area contributed by atoms with Crippen molar-refractivity contribution in [1.29, 1.82) is 10.5 Å². The average molecular weight is 668 g/mol. The largest absolute Gasteiger partial charge is 0.444 e. The van der Waals surface area contributed by atoms with Crippen LogP contribution >= 0.6 is 0 Å². The molecular weight excluding hydrogens is 626 g/mol. The third kappa shape index (κ3) is 6.82. The monoisotopic (exact) mass is 667 g/mol. The van der Waals surface area contributed by atoms with E-state index in [1.165, 1.54) is 10.8 Å². The predicted molar refractivity (Wildman–Crippen MR) is 182 cm³/mol. The molecule has 1 amide bonds. The summed E-state index contributed by atoms with van der Waals surface area (Å²) >= 11 is 0. The van der Waals surface area contributed by atoms with Crippen LogP contribution in [0.25, 0.3) is 27.8 Å². The summed E-state index contributed by atoms with van der Waals surface area (Å²) in [6.07, 6.45) is 3.67. The van der Waals surface area contributed by atoms with Crippen LogP contribution in [0.15, 0.2) is 30.6 Å².